The van der Waals surface area contributed by atoms with Crippen LogP contribution in [0.15, 0.2) is 24.4 Å². The van der Waals surface area contributed by atoms with Gasteiger partial charge in [0, 0.05) is 29.1 Å². The minimum atomic E-state index is 0.185. The predicted molar refractivity (Wildman–Crippen MR) is 93.3 cm³/mol. The van der Waals surface area contributed by atoms with Gasteiger partial charge in [0.15, 0.2) is 0 Å². The molecule has 2 aliphatic rings. The zero-order valence-corrected chi connectivity index (χ0v) is 14.1. The van der Waals surface area contributed by atoms with Crippen molar-refractivity contribution in [1.29, 1.82) is 0 Å². The second kappa shape index (κ2) is 5.70. The van der Waals surface area contributed by atoms with Gasteiger partial charge in [-0.2, -0.15) is 0 Å². The summed E-state index contributed by atoms with van der Waals surface area (Å²) in [5, 5.41) is 4.55. The van der Waals surface area contributed by atoms with Crippen LogP contribution < -0.4 is 5.32 Å². The summed E-state index contributed by atoms with van der Waals surface area (Å²) in [7, 11) is 0. The summed E-state index contributed by atoms with van der Waals surface area (Å²) in [4.78, 5) is 15.9. The normalized spacial score (nSPS) is 27.5. The maximum atomic E-state index is 12.5. The number of hydrogen-bond donors (Lipinski definition) is 2. The molecule has 4 atom stereocenters. The molecule has 0 aliphatic heterocycles. The molecule has 2 fully saturated rings. The number of H-pyrrole nitrogens is 1. The quantitative estimate of drug-likeness (QED) is 0.882. The van der Waals surface area contributed by atoms with Crippen molar-refractivity contribution in [2.24, 2.45) is 17.8 Å². The first-order valence-corrected chi connectivity index (χ1v) is 9.01. The average molecular weight is 310 g/mol. The van der Waals surface area contributed by atoms with Crippen molar-refractivity contribution in [3.63, 3.8) is 0 Å². The van der Waals surface area contributed by atoms with E-state index in [-0.39, 0.29) is 6.04 Å². The maximum absolute atomic E-state index is 12.5. The molecule has 2 N–H and O–H groups in total. The predicted octanol–water partition coefficient (Wildman–Crippen LogP) is 3.96. The van der Waals surface area contributed by atoms with Gasteiger partial charge >= 0.3 is 0 Å². The van der Waals surface area contributed by atoms with Crippen molar-refractivity contribution in [3.05, 3.63) is 35.5 Å². The van der Waals surface area contributed by atoms with Gasteiger partial charge in [-0.15, -0.1) is 0 Å². The number of para-hydroxylation sites is 1. The molecular formula is C20H26N2O. The van der Waals surface area contributed by atoms with Crippen molar-refractivity contribution in [2.45, 2.75) is 52.0 Å². The maximum Gasteiger partial charge on any atom is 0.223 e. The summed E-state index contributed by atoms with van der Waals surface area (Å²) < 4.78 is 0. The Labute approximate surface area is 137 Å². The van der Waals surface area contributed by atoms with Crippen LogP contribution in [0.2, 0.25) is 0 Å². The number of aromatic amines is 1. The minimum absolute atomic E-state index is 0.185. The number of nitrogens with one attached hydrogen (secondary N) is 2. The highest BCUT2D eigenvalue weighted by atomic mass is 16.2. The van der Waals surface area contributed by atoms with Crippen molar-refractivity contribution < 1.29 is 4.79 Å². The van der Waals surface area contributed by atoms with Crippen LogP contribution >= 0.6 is 0 Å². The third kappa shape index (κ3) is 2.66. The van der Waals surface area contributed by atoms with Gasteiger partial charge in [0.1, 0.15) is 0 Å². The highest BCUT2D eigenvalue weighted by Gasteiger charge is 2.54. The molecule has 3 heteroatoms. The Hall–Kier alpha value is -1.77. The Morgan fingerprint density at radius 1 is 1.30 bits per heavy atom. The highest BCUT2D eigenvalue weighted by molar-refractivity contribution is 5.86. The monoisotopic (exact) mass is 310 g/mol. The molecule has 2 aliphatic carbocycles. The minimum Gasteiger partial charge on any atom is -0.361 e. The van der Waals surface area contributed by atoms with Gasteiger partial charge in [0.2, 0.25) is 5.91 Å². The molecular weight excluding hydrogens is 284 g/mol. The highest BCUT2D eigenvalue weighted by Crippen LogP contribution is 2.55. The number of fused-ring (bicyclic) bond motifs is 2. The molecule has 1 aromatic heterocycles. The Kier molecular flexibility index (Phi) is 3.67. The number of amides is 1. The van der Waals surface area contributed by atoms with Crippen molar-refractivity contribution >= 4 is 16.8 Å². The lowest BCUT2D eigenvalue weighted by Crippen LogP contribution is -2.35. The van der Waals surface area contributed by atoms with Crippen LogP contribution in [0.1, 0.15) is 43.7 Å². The number of rotatable bonds is 4. The Morgan fingerprint density at radius 2 is 2.04 bits per heavy atom. The largest absolute Gasteiger partial charge is 0.361 e. The number of benzene rings is 1. The summed E-state index contributed by atoms with van der Waals surface area (Å²) in [5.74, 6) is 1.98. The van der Waals surface area contributed by atoms with Crippen LogP contribution in [0.5, 0.6) is 0 Å². The average Bonchev–Trinajstić information content (AvgIpc) is 3.14. The first-order valence-electron chi connectivity index (χ1n) is 9.01. The lowest BCUT2D eigenvalue weighted by atomic mass is 10.0. The molecule has 2 saturated carbocycles. The van der Waals surface area contributed by atoms with E-state index in [4.69, 9.17) is 0 Å². The molecule has 1 aromatic carbocycles. The summed E-state index contributed by atoms with van der Waals surface area (Å²) in [6.45, 7) is 4.25. The fourth-order valence-corrected chi connectivity index (χ4v) is 4.63. The lowest BCUT2D eigenvalue weighted by molar-refractivity contribution is -0.123. The fourth-order valence-electron chi connectivity index (χ4n) is 4.63. The van der Waals surface area contributed by atoms with E-state index in [2.05, 4.69) is 48.5 Å². The molecule has 3 nitrogen and oxygen atoms in total. The van der Waals surface area contributed by atoms with E-state index in [0.29, 0.717) is 23.7 Å². The molecule has 122 valence electrons. The summed E-state index contributed by atoms with van der Waals surface area (Å²) in [6.07, 6.45) is 8.14. The van der Waals surface area contributed by atoms with E-state index in [1.807, 2.05) is 0 Å². The van der Waals surface area contributed by atoms with Crippen molar-refractivity contribution in [3.8, 4) is 0 Å². The molecule has 23 heavy (non-hydrogen) atoms. The Bertz CT molecular complexity index is 720. The lowest BCUT2D eigenvalue weighted by Gasteiger charge is -2.13. The Balaban J connectivity index is 1.40. The summed E-state index contributed by atoms with van der Waals surface area (Å²) in [6, 6.07) is 6.58. The zero-order chi connectivity index (χ0) is 16.0. The van der Waals surface area contributed by atoms with Crippen LogP contribution in [0, 0.1) is 24.7 Å². The number of hydrogen-bond acceptors (Lipinski definition) is 1. The molecule has 0 saturated heterocycles. The van der Waals surface area contributed by atoms with Gasteiger partial charge in [-0.25, -0.2) is 0 Å². The number of carbonyl (C=O) groups excluding carboxylic acids is 1. The number of aryl methyl sites for hydroxylation is 1. The van der Waals surface area contributed by atoms with Gasteiger partial charge in [0.25, 0.3) is 0 Å². The van der Waals surface area contributed by atoms with E-state index < -0.39 is 0 Å². The fraction of sp³-hybridized carbons (Fsp3) is 0.550. The van der Waals surface area contributed by atoms with E-state index in [1.54, 1.807) is 0 Å². The Morgan fingerprint density at radius 3 is 2.78 bits per heavy atom. The molecule has 0 radical (unpaired) electrons. The van der Waals surface area contributed by atoms with Crippen LogP contribution in [0.3, 0.4) is 0 Å². The van der Waals surface area contributed by atoms with E-state index >= 15 is 0 Å². The number of carbonyl (C=O) groups is 1. The summed E-state index contributed by atoms with van der Waals surface area (Å²) in [5.41, 5.74) is 3.78. The molecule has 0 spiro atoms. The van der Waals surface area contributed by atoms with Crippen molar-refractivity contribution in [2.75, 3.05) is 0 Å². The zero-order valence-electron chi connectivity index (χ0n) is 14.1. The van der Waals surface area contributed by atoms with Crippen LogP contribution in [-0.4, -0.2) is 16.9 Å². The first kappa shape index (κ1) is 14.8. The van der Waals surface area contributed by atoms with Crippen LogP contribution in [0.4, 0.5) is 0 Å². The van der Waals surface area contributed by atoms with Crippen LogP contribution in [-0.2, 0) is 11.2 Å². The molecule has 4 rings (SSSR count). The second-order valence-corrected chi connectivity index (χ2v) is 7.56. The van der Waals surface area contributed by atoms with Gasteiger partial charge in [-0.1, -0.05) is 31.0 Å². The standard InChI is InChI=1S/C20H26N2O/c1-12-6-5-9-15-14(11-21-19(12)15)10-13(2)22-20(23)18-16-7-3-4-8-17(16)18/h5-6,9,11,13,16-18,21H,3-4,7-8,10H2,1-2H3,(H,22,23)/t13-,16-,17+,18?/m1/s1. The van der Waals surface area contributed by atoms with E-state index in [1.165, 1.54) is 47.7 Å². The van der Waals surface area contributed by atoms with Crippen molar-refractivity contribution in [1.82, 2.24) is 10.3 Å². The molecule has 2 aromatic rings. The molecule has 1 unspecified atom stereocenters. The first-order chi connectivity index (χ1) is 11.1. The SMILES string of the molecule is Cc1cccc2c(C[C@@H](C)NC(=O)C3[C@H]4CCCC[C@@H]34)c[nH]c12. The van der Waals surface area contributed by atoms with Gasteiger partial charge < -0.3 is 10.3 Å². The number of aromatic nitrogens is 1. The third-order valence-electron chi connectivity index (χ3n) is 5.88. The van der Waals surface area contributed by atoms with E-state index in [9.17, 15) is 4.79 Å². The second-order valence-electron chi connectivity index (χ2n) is 7.56. The topological polar surface area (TPSA) is 44.9 Å². The van der Waals surface area contributed by atoms with Gasteiger partial charge in [0.05, 0.1) is 0 Å². The summed E-state index contributed by atoms with van der Waals surface area (Å²) >= 11 is 0. The van der Waals surface area contributed by atoms with Gasteiger partial charge in [-0.3, -0.25) is 4.79 Å². The van der Waals surface area contributed by atoms with Gasteiger partial charge in [-0.05, 0) is 56.1 Å². The molecule has 1 amide bonds. The van der Waals surface area contributed by atoms with E-state index in [0.717, 1.165) is 6.42 Å². The molecule has 0 bridgehead atoms. The molecule has 1 heterocycles. The van der Waals surface area contributed by atoms with Crippen LogP contribution in [0.25, 0.3) is 10.9 Å². The third-order valence-corrected chi connectivity index (χ3v) is 5.88. The smallest absolute Gasteiger partial charge is 0.223 e.